The number of halogens is 1. The zero-order valence-corrected chi connectivity index (χ0v) is 33.0. The van der Waals surface area contributed by atoms with Crippen LogP contribution in [0, 0.1) is 0 Å². The first-order valence-electron chi connectivity index (χ1n) is 18.3. The lowest BCUT2D eigenvalue weighted by Crippen LogP contribution is -2.44. The molecule has 0 bridgehead atoms. The standard InChI is InChI=1S/C39H47ClN8O5S/c1-24-10-9-11-25(2)47(24)38-44-43-35-19-15-28(22-46(35)38)53-33-18-17-32(29-12-7-8-13-30(29)33)41-37(49)42-36-21-34(39(3,4)5)45-48(36)27-14-16-31(40)26(20-27)23-52-54(6,50)51/h7-8,12-16,19-22,24-25,32-33H,9-11,17-18,23H2,1-6H3,(H2,41,42,49)/t24-,25+,32-,33+/m0/s1. The smallest absolute Gasteiger partial charge is 0.320 e. The molecule has 0 radical (unpaired) electrons. The van der Waals surface area contributed by atoms with Crippen molar-refractivity contribution in [2.75, 3.05) is 16.5 Å². The van der Waals surface area contributed by atoms with E-state index in [-0.39, 0.29) is 24.2 Å². The highest BCUT2D eigenvalue weighted by atomic mass is 35.5. The van der Waals surface area contributed by atoms with Gasteiger partial charge in [-0.1, -0.05) is 56.6 Å². The monoisotopic (exact) mass is 774 g/mol. The maximum Gasteiger partial charge on any atom is 0.320 e. The fraction of sp³-hybridized carbons (Fsp3) is 0.436. The van der Waals surface area contributed by atoms with Gasteiger partial charge in [0.25, 0.3) is 10.1 Å². The zero-order valence-electron chi connectivity index (χ0n) is 31.4. The number of fused-ring (bicyclic) bond motifs is 2. The first kappa shape index (κ1) is 37.6. The number of pyridine rings is 1. The van der Waals surface area contributed by atoms with Crippen molar-refractivity contribution in [1.29, 1.82) is 0 Å². The summed E-state index contributed by atoms with van der Waals surface area (Å²) in [5.74, 6) is 2.00. The third-order valence-corrected chi connectivity index (χ3v) is 11.1. The molecule has 7 rings (SSSR count). The number of amides is 2. The SMILES string of the molecule is C[C@@H]1CCC[C@H](C)N1c1nnc2ccc(O[C@@H]3CC[C@H](NC(=O)Nc4cc(C(C)(C)C)nn4-c4ccc(Cl)c(COS(C)(=O)=O)c4)c4ccccc43)cn12. The minimum atomic E-state index is -3.69. The summed E-state index contributed by atoms with van der Waals surface area (Å²) in [7, 11) is -3.69. The van der Waals surface area contributed by atoms with E-state index in [0.29, 0.717) is 47.0 Å². The fourth-order valence-electron chi connectivity index (χ4n) is 7.43. The van der Waals surface area contributed by atoms with Gasteiger partial charge in [0.05, 0.1) is 36.5 Å². The second-order valence-corrected chi connectivity index (χ2v) is 17.5. The lowest BCUT2D eigenvalue weighted by atomic mass is 9.85. The lowest BCUT2D eigenvalue weighted by molar-refractivity contribution is 0.171. The molecule has 0 saturated carbocycles. The topological polar surface area (TPSA) is 145 Å². The number of nitrogens with zero attached hydrogens (tertiary/aromatic N) is 6. The molecule has 0 unspecified atom stereocenters. The van der Waals surface area contributed by atoms with Gasteiger partial charge < -0.3 is 15.0 Å². The van der Waals surface area contributed by atoms with Crippen molar-refractivity contribution < 1.29 is 22.1 Å². The average molecular weight is 775 g/mol. The normalized spacial score (nSPS) is 20.5. The number of rotatable bonds is 9. The van der Waals surface area contributed by atoms with E-state index >= 15 is 0 Å². The Kier molecular flexibility index (Phi) is 10.4. The Morgan fingerprint density at radius 3 is 2.43 bits per heavy atom. The van der Waals surface area contributed by atoms with Gasteiger partial charge in [-0.05, 0) is 93.0 Å². The van der Waals surface area contributed by atoms with Gasteiger partial charge in [-0.15, -0.1) is 10.2 Å². The number of nitrogens with one attached hydrogen (secondary N) is 2. The Bertz CT molecular complexity index is 2270. The van der Waals surface area contributed by atoms with Crippen molar-refractivity contribution in [2.45, 2.75) is 103 Å². The third kappa shape index (κ3) is 8.06. The van der Waals surface area contributed by atoms with E-state index in [0.717, 1.165) is 53.3 Å². The molecule has 2 aliphatic rings. The Morgan fingerprint density at radius 2 is 1.70 bits per heavy atom. The highest BCUT2D eigenvalue weighted by molar-refractivity contribution is 7.85. The first-order chi connectivity index (χ1) is 25.6. The van der Waals surface area contributed by atoms with Crippen molar-refractivity contribution in [2.24, 2.45) is 0 Å². The molecule has 2 N–H and O–H groups in total. The molecule has 286 valence electrons. The van der Waals surface area contributed by atoms with Crippen LogP contribution in [0.4, 0.5) is 16.6 Å². The lowest BCUT2D eigenvalue weighted by Gasteiger charge is -2.39. The van der Waals surface area contributed by atoms with Gasteiger partial charge in [0.2, 0.25) is 5.95 Å². The average Bonchev–Trinajstić information content (AvgIpc) is 3.73. The molecule has 5 aromatic rings. The number of benzene rings is 2. The van der Waals surface area contributed by atoms with Crippen LogP contribution in [-0.2, 0) is 26.3 Å². The number of aromatic nitrogens is 5. The molecule has 1 saturated heterocycles. The summed E-state index contributed by atoms with van der Waals surface area (Å²) in [5, 5.41) is 20.4. The summed E-state index contributed by atoms with van der Waals surface area (Å²) in [6.45, 7) is 10.4. The number of ether oxygens (including phenoxy) is 1. The molecular formula is C39H47ClN8O5S. The fourth-order valence-corrected chi connectivity index (χ4v) is 7.94. The summed E-state index contributed by atoms with van der Waals surface area (Å²) < 4.78 is 38.6. The maximum absolute atomic E-state index is 13.7. The number of urea groups is 1. The first-order valence-corrected chi connectivity index (χ1v) is 20.5. The second kappa shape index (κ2) is 14.9. The molecule has 3 aromatic heterocycles. The molecule has 15 heteroatoms. The summed E-state index contributed by atoms with van der Waals surface area (Å²) in [4.78, 5) is 16.1. The Hall–Kier alpha value is -4.66. The van der Waals surface area contributed by atoms with E-state index in [9.17, 15) is 13.2 Å². The Morgan fingerprint density at radius 1 is 0.963 bits per heavy atom. The number of anilines is 2. The second-order valence-electron chi connectivity index (χ2n) is 15.4. The summed E-state index contributed by atoms with van der Waals surface area (Å²) in [6, 6.07) is 19.0. The largest absolute Gasteiger partial charge is 0.484 e. The molecule has 1 fully saturated rings. The van der Waals surface area contributed by atoms with Crippen LogP contribution in [0.2, 0.25) is 5.02 Å². The molecule has 13 nitrogen and oxygen atoms in total. The number of piperidine rings is 1. The van der Waals surface area contributed by atoms with Crippen LogP contribution in [0.5, 0.6) is 5.75 Å². The van der Waals surface area contributed by atoms with Crippen LogP contribution in [-0.4, -0.2) is 57.2 Å². The zero-order chi connectivity index (χ0) is 38.4. The van der Waals surface area contributed by atoms with Gasteiger partial charge in [-0.25, -0.2) is 9.48 Å². The van der Waals surface area contributed by atoms with Crippen molar-refractivity contribution in [3.8, 4) is 11.4 Å². The molecule has 0 spiro atoms. The van der Waals surface area contributed by atoms with E-state index in [1.807, 2.05) is 67.8 Å². The van der Waals surface area contributed by atoms with Gasteiger partial charge in [0.15, 0.2) is 5.65 Å². The minimum Gasteiger partial charge on any atom is -0.484 e. The van der Waals surface area contributed by atoms with E-state index < -0.39 is 16.1 Å². The molecule has 1 aliphatic carbocycles. The van der Waals surface area contributed by atoms with Crippen LogP contribution >= 0.6 is 11.6 Å². The number of hydrogen-bond acceptors (Lipinski definition) is 9. The predicted octanol–water partition coefficient (Wildman–Crippen LogP) is 7.89. The maximum atomic E-state index is 13.7. The van der Waals surface area contributed by atoms with Gasteiger partial charge in [-0.3, -0.25) is 13.9 Å². The minimum absolute atomic E-state index is 0.214. The van der Waals surface area contributed by atoms with E-state index in [2.05, 4.69) is 45.6 Å². The predicted molar refractivity (Wildman–Crippen MR) is 209 cm³/mol. The van der Waals surface area contributed by atoms with Crippen LogP contribution in [0.25, 0.3) is 11.3 Å². The third-order valence-electron chi connectivity index (χ3n) is 10.2. The summed E-state index contributed by atoms with van der Waals surface area (Å²) >= 11 is 6.38. The van der Waals surface area contributed by atoms with Crippen molar-refractivity contribution in [1.82, 2.24) is 29.7 Å². The van der Waals surface area contributed by atoms with Crippen LogP contribution < -0.4 is 20.3 Å². The summed E-state index contributed by atoms with van der Waals surface area (Å²) in [6.07, 6.45) is 7.55. The van der Waals surface area contributed by atoms with Crippen LogP contribution in [0.3, 0.4) is 0 Å². The van der Waals surface area contributed by atoms with Gasteiger partial charge in [0, 0.05) is 28.6 Å². The van der Waals surface area contributed by atoms with Crippen LogP contribution in [0.15, 0.2) is 66.9 Å². The highest BCUT2D eigenvalue weighted by Crippen LogP contribution is 2.39. The molecule has 2 aromatic carbocycles. The molecule has 4 atom stereocenters. The van der Waals surface area contributed by atoms with Gasteiger partial charge >= 0.3 is 6.03 Å². The number of hydrogen-bond donors (Lipinski definition) is 2. The van der Waals surface area contributed by atoms with Gasteiger partial charge in [0.1, 0.15) is 17.7 Å². The van der Waals surface area contributed by atoms with E-state index in [4.69, 9.17) is 25.6 Å². The van der Waals surface area contributed by atoms with Crippen molar-refractivity contribution in [3.63, 3.8) is 0 Å². The van der Waals surface area contributed by atoms with Gasteiger partial charge in [-0.2, -0.15) is 13.5 Å². The van der Waals surface area contributed by atoms with Crippen molar-refractivity contribution in [3.05, 3.63) is 94.3 Å². The van der Waals surface area contributed by atoms with E-state index in [1.54, 1.807) is 22.9 Å². The number of carbonyl (C=O) groups is 1. The number of carbonyl (C=O) groups excluding carboxylic acids is 1. The molecule has 1 aliphatic heterocycles. The van der Waals surface area contributed by atoms with E-state index in [1.165, 1.54) is 6.42 Å². The molecular weight excluding hydrogens is 728 g/mol. The Labute approximate surface area is 321 Å². The summed E-state index contributed by atoms with van der Waals surface area (Å²) in [5.41, 5.74) is 4.25. The Balaban J connectivity index is 1.09. The quantitative estimate of drug-likeness (QED) is 0.143. The van der Waals surface area contributed by atoms with Crippen LogP contribution in [0.1, 0.15) is 101 Å². The highest BCUT2D eigenvalue weighted by Gasteiger charge is 2.32. The molecule has 54 heavy (non-hydrogen) atoms. The molecule has 4 heterocycles. The van der Waals surface area contributed by atoms with Crippen molar-refractivity contribution >= 4 is 45.2 Å². The molecule has 2 amide bonds.